The first-order valence-corrected chi connectivity index (χ1v) is 8.01. The Morgan fingerprint density at radius 1 is 1.21 bits per heavy atom. The zero-order valence-corrected chi connectivity index (χ0v) is 14.3. The van der Waals surface area contributed by atoms with Crippen LogP contribution < -0.4 is 10.1 Å². The number of hydrogen-bond acceptors (Lipinski definition) is 3. The molecule has 4 nitrogen and oxygen atoms in total. The Labute approximate surface area is 147 Å². The van der Waals surface area contributed by atoms with Gasteiger partial charge >= 0.3 is 6.09 Å². The van der Waals surface area contributed by atoms with Crippen LogP contribution >= 0.6 is 11.6 Å². The second-order valence-electron chi connectivity index (χ2n) is 5.10. The third-order valence-corrected chi connectivity index (χ3v) is 3.45. The molecular formula is C19H20ClNO3. The van der Waals surface area contributed by atoms with Gasteiger partial charge in [0.05, 0.1) is 7.11 Å². The summed E-state index contributed by atoms with van der Waals surface area (Å²) < 4.78 is 10.3. The van der Waals surface area contributed by atoms with E-state index in [-0.39, 0.29) is 6.61 Å². The first-order valence-electron chi connectivity index (χ1n) is 7.63. The number of halogens is 1. The smallest absolute Gasteiger partial charge is 0.407 e. The molecule has 0 aliphatic heterocycles. The number of rotatable bonds is 7. The van der Waals surface area contributed by atoms with E-state index in [2.05, 4.69) is 5.32 Å². The summed E-state index contributed by atoms with van der Waals surface area (Å²) in [6, 6.07) is 15.1. The van der Waals surface area contributed by atoms with Gasteiger partial charge in [-0.2, -0.15) is 0 Å². The third kappa shape index (κ3) is 6.34. The highest BCUT2D eigenvalue weighted by molar-refractivity contribution is 6.30. The monoisotopic (exact) mass is 345 g/mol. The Bertz CT molecular complexity index is 686. The van der Waals surface area contributed by atoms with Crippen LogP contribution in [0.2, 0.25) is 5.02 Å². The first kappa shape index (κ1) is 17.9. The molecule has 2 rings (SSSR count). The number of ether oxygens (including phenoxy) is 2. The second-order valence-corrected chi connectivity index (χ2v) is 5.54. The summed E-state index contributed by atoms with van der Waals surface area (Å²) in [7, 11) is 1.60. The van der Waals surface area contributed by atoms with E-state index in [4.69, 9.17) is 21.1 Å². The number of carbonyl (C=O) groups is 1. The number of benzene rings is 2. The molecule has 0 unspecified atom stereocenters. The van der Waals surface area contributed by atoms with Gasteiger partial charge in [0, 0.05) is 11.6 Å². The van der Waals surface area contributed by atoms with Gasteiger partial charge in [-0.1, -0.05) is 54.1 Å². The average Bonchev–Trinajstić information content (AvgIpc) is 2.60. The summed E-state index contributed by atoms with van der Waals surface area (Å²) in [5.74, 6) is 0.713. The SMILES string of the molecule is COc1cc(Cl)cc(C=CCCNC(=O)OCc2ccccc2)c1. The van der Waals surface area contributed by atoms with Crippen molar-refractivity contribution in [1.29, 1.82) is 0 Å². The van der Waals surface area contributed by atoms with E-state index < -0.39 is 6.09 Å². The highest BCUT2D eigenvalue weighted by Gasteiger charge is 2.01. The molecule has 0 radical (unpaired) electrons. The van der Waals surface area contributed by atoms with Crippen molar-refractivity contribution < 1.29 is 14.3 Å². The molecule has 0 saturated heterocycles. The highest BCUT2D eigenvalue weighted by Crippen LogP contribution is 2.21. The lowest BCUT2D eigenvalue weighted by Crippen LogP contribution is -2.24. The molecule has 0 saturated carbocycles. The average molecular weight is 346 g/mol. The molecule has 0 spiro atoms. The van der Waals surface area contributed by atoms with Gasteiger partial charge in [0.1, 0.15) is 12.4 Å². The van der Waals surface area contributed by atoms with Gasteiger partial charge in [0.2, 0.25) is 0 Å². The minimum Gasteiger partial charge on any atom is -0.497 e. The van der Waals surface area contributed by atoms with Gasteiger partial charge in [0.15, 0.2) is 0 Å². The van der Waals surface area contributed by atoms with Crippen LogP contribution in [-0.4, -0.2) is 19.7 Å². The molecule has 1 amide bonds. The topological polar surface area (TPSA) is 47.6 Å². The van der Waals surface area contributed by atoms with Crippen molar-refractivity contribution in [2.45, 2.75) is 13.0 Å². The number of alkyl carbamates (subject to hydrolysis) is 1. The largest absolute Gasteiger partial charge is 0.497 e. The van der Waals surface area contributed by atoms with Crippen LogP contribution in [0.15, 0.2) is 54.6 Å². The summed E-state index contributed by atoms with van der Waals surface area (Å²) in [4.78, 5) is 11.6. The predicted molar refractivity (Wildman–Crippen MR) is 96.3 cm³/mol. The molecule has 0 fully saturated rings. The van der Waals surface area contributed by atoms with Crippen molar-refractivity contribution in [3.05, 3.63) is 70.8 Å². The van der Waals surface area contributed by atoms with E-state index in [1.807, 2.05) is 54.6 Å². The van der Waals surface area contributed by atoms with Crippen molar-refractivity contribution in [3.63, 3.8) is 0 Å². The van der Waals surface area contributed by atoms with E-state index >= 15 is 0 Å². The van der Waals surface area contributed by atoms with Crippen molar-refractivity contribution in [2.75, 3.05) is 13.7 Å². The Morgan fingerprint density at radius 3 is 2.75 bits per heavy atom. The predicted octanol–water partition coefficient (Wildman–Crippen LogP) is 4.68. The van der Waals surface area contributed by atoms with Crippen molar-refractivity contribution >= 4 is 23.8 Å². The van der Waals surface area contributed by atoms with Gasteiger partial charge in [-0.25, -0.2) is 4.79 Å². The molecule has 0 heterocycles. The number of nitrogens with one attached hydrogen (secondary N) is 1. The van der Waals surface area contributed by atoms with Crippen molar-refractivity contribution in [1.82, 2.24) is 5.32 Å². The molecule has 0 aliphatic carbocycles. The van der Waals surface area contributed by atoms with E-state index in [0.29, 0.717) is 23.7 Å². The quantitative estimate of drug-likeness (QED) is 0.741. The van der Waals surface area contributed by atoms with Crippen LogP contribution in [0, 0.1) is 0 Å². The summed E-state index contributed by atoms with van der Waals surface area (Å²) >= 11 is 6.01. The molecule has 0 atom stereocenters. The van der Waals surface area contributed by atoms with Crippen LogP contribution in [0.1, 0.15) is 17.5 Å². The highest BCUT2D eigenvalue weighted by atomic mass is 35.5. The minimum atomic E-state index is -0.420. The fourth-order valence-corrected chi connectivity index (χ4v) is 2.28. The molecule has 1 N–H and O–H groups in total. The van der Waals surface area contributed by atoms with Crippen LogP contribution in [0.5, 0.6) is 5.75 Å². The zero-order chi connectivity index (χ0) is 17.2. The van der Waals surface area contributed by atoms with E-state index in [9.17, 15) is 4.79 Å². The van der Waals surface area contributed by atoms with E-state index in [1.54, 1.807) is 13.2 Å². The lowest BCUT2D eigenvalue weighted by Gasteiger charge is -2.06. The summed E-state index contributed by atoms with van der Waals surface area (Å²) in [5.41, 5.74) is 1.91. The van der Waals surface area contributed by atoms with Crippen LogP contribution in [0.3, 0.4) is 0 Å². The maximum atomic E-state index is 11.6. The van der Waals surface area contributed by atoms with E-state index in [1.165, 1.54) is 0 Å². The maximum Gasteiger partial charge on any atom is 0.407 e. The number of carbonyl (C=O) groups excluding carboxylic acids is 1. The van der Waals surface area contributed by atoms with Gasteiger partial charge in [0.25, 0.3) is 0 Å². The van der Waals surface area contributed by atoms with E-state index in [0.717, 1.165) is 11.1 Å². The van der Waals surface area contributed by atoms with Crippen LogP contribution in [-0.2, 0) is 11.3 Å². The Hall–Kier alpha value is -2.46. The first-order chi connectivity index (χ1) is 11.7. The fraction of sp³-hybridized carbons (Fsp3) is 0.211. The zero-order valence-electron chi connectivity index (χ0n) is 13.5. The summed E-state index contributed by atoms with van der Waals surface area (Å²) in [6.45, 7) is 0.770. The summed E-state index contributed by atoms with van der Waals surface area (Å²) in [5, 5.41) is 3.33. The number of amides is 1. The number of methoxy groups -OCH3 is 1. The van der Waals surface area contributed by atoms with Crippen LogP contribution in [0.25, 0.3) is 6.08 Å². The second kappa shape index (κ2) is 9.63. The lowest BCUT2D eigenvalue weighted by molar-refractivity contribution is 0.140. The fourth-order valence-electron chi connectivity index (χ4n) is 2.05. The van der Waals surface area contributed by atoms with Crippen LogP contribution in [0.4, 0.5) is 4.79 Å². The van der Waals surface area contributed by atoms with Crippen molar-refractivity contribution in [3.8, 4) is 5.75 Å². The lowest BCUT2D eigenvalue weighted by atomic mass is 10.2. The number of hydrogen-bond donors (Lipinski definition) is 1. The van der Waals surface area contributed by atoms with Gasteiger partial charge in [-0.3, -0.25) is 0 Å². The van der Waals surface area contributed by atoms with Gasteiger partial charge < -0.3 is 14.8 Å². The summed E-state index contributed by atoms with van der Waals surface area (Å²) in [6.07, 6.45) is 4.17. The Morgan fingerprint density at radius 2 is 2.00 bits per heavy atom. The normalized spacial score (nSPS) is 10.6. The van der Waals surface area contributed by atoms with Crippen molar-refractivity contribution in [2.24, 2.45) is 0 Å². The molecule has 0 bridgehead atoms. The maximum absolute atomic E-state index is 11.6. The molecule has 126 valence electrons. The Kier molecular flexibility index (Phi) is 7.18. The Balaban J connectivity index is 1.68. The molecule has 5 heteroatoms. The molecule has 2 aromatic rings. The standard InChI is InChI=1S/C19H20ClNO3/c1-23-18-12-16(11-17(20)13-18)9-5-6-10-21-19(22)24-14-15-7-3-2-4-8-15/h2-5,7-9,11-13H,6,10,14H2,1H3,(H,21,22). The van der Waals surface area contributed by atoms with Gasteiger partial charge in [-0.05, 0) is 35.7 Å². The molecule has 2 aromatic carbocycles. The molecule has 0 aliphatic rings. The molecule has 24 heavy (non-hydrogen) atoms. The third-order valence-electron chi connectivity index (χ3n) is 3.23. The molecular weight excluding hydrogens is 326 g/mol. The minimum absolute atomic E-state index is 0.269. The molecule has 0 aromatic heterocycles. The van der Waals surface area contributed by atoms with Gasteiger partial charge in [-0.15, -0.1) is 0 Å².